The number of ketones is 1. The highest BCUT2D eigenvalue weighted by Gasteiger charge is 2.44. The van der Waals surface area contributed by atoms with Crippen LogP contribution in [0.1, 0.15) is 43.0 Å². The Hall–Kier alpha value is -3.72. The molecule has 1 heterocycles. The molecule has 0 aromatic heterocycles. The van der Waals surface area contributed by atoms with Gasteiger partial charge in [0.1, 0.15) is 5.75 Å². The fourth-order valence-electron chi connectivity index (χ4n) is 4.67. The predicted molar refractivity (Wildman–Crippen MR) is 146 cm³/mol. The number of likely N-dealkylation sites (tertiary alicyclic amines) is 1. The summed E-state index contributed by atoms with van der Waals surface area (Å²) in [5.41, 5.74) is 1.52. The predicted octanol–water partition coefficient (Wildman–Crippen LogP) is 1.81. The lowest BCUT2D eigenvalue weighted by Crippen LogP contribution is -3.05. The van der Waals surface area contributed by atoms with Gasteiger partial charge in [-0.3, -0.25) is 9.59 Å². The molecular formula is C30H40N2O7. The van der Waals surface area contributed by atoms with E-state index in [9.17, 15) is 14.7 Å². The number of carbonyl (C=O) groups excluding carboxylic acids is 2. The second-order valence-electron chi connectivity index (χ2n) is 10.4. The molecule has 212 valence electrons. The summed E-state index contributed by atoms with van der Waals surface area (Å²) in [6.45, 7) is 7.62. The smallest absolute Gasteiger partial charge is 0.295 e. The maximum Gasteiger partial charge on any atom is 0.295 e. The summed E-state index contributed by atoms with van der Waals surface area (Å²) in [7, 11) is 8.52. The van der Waals surface area contributed by atoms with Crippen LogP contribution in [0.15, 0.2) is 35.9 Å². The second-order valence-corrected chi connectivity index (χ2v) is 10.4. The van der Waals surface area contributed by atoms with Gasteiger partial charge in [0.15, 0.2) is 11.5 Å². The Morgan fingerprint density at radius 3 is 2.15 bits per heavy atom. The van der Waals surface area contributed by atoms with Crippen molar-refractivity contribution in [2.75, 3.05) is 55.1 Å². The van der Waals surface area contributed by atoms with E-state index in [0.29, 0.717) is 59.6 Å². The molecular weight excluding hydrogens is 500 g/mol. The molecule has 1 aliphatic heterocycles. The number of methoxy groups -OCH3 is 3. The molecule has 0 radical (unpaired) electrons. The van der Waals surface area contributed by atoms with Crippen LogP contribution < -0.4 is 29.0 Å². The standard InChI is InChI=1S/C30H40N2O7/c1-18(2)17-39-22-11-10-20(14-19(22)3)27(33)25-26(32(30(35)28(25)34)13-9-12-31(4)5)21-15-23(36-6)29(38-8)24(16-21)37-7/h10-11,14-16,18,26,33H,9,12-13,17H2,1-8H3. The number of aryl methyl sites for hydroxylation is 1. The van der Waals surface area contributed by atoms with Crippen LogP contribution in [0.4, 0.5) is 0 Å². The average molecular weight is 541 g/mol. The van der Waals surface area contributed by atoms with E-state index in [1.54, 1.807) is 30.3 Å². The molecule has 1 saturated heterocycles. The minimum atomic E-state index is -0.902. The highest BCUT2D eigenvalue weighted by molar-refractivity contribution is 6.46. The van der Waals surface area contributed by atoms with Crippen molar-refractivity contribution >= 4 is 17.4 Å². The number of amides is 1. The number of nitrogens with one attached hydrogen (secondary N) is 1. The van der Waals surface area contributed by atoms with Crippen molar-refractivity contribution < 1.29 is 38.5 Å². The molecule has 1 aliphatic rings. The molecule has 9 heteroatoms. The molecule has 0 spiro atoms. The number of carbonyl (C=O) groups is 2. The van der Waals surface area contributed by atoms with Crippen molar-refractivity contribution in [3.8, 4) is 23.0 Å². The molecule has 2 aromatic rings. The van der Waals surface area contributed by atoms with E-state index in [-0.39, 0.29) is 5.57 Å². The molecule has 1 amide bonds. The Kier molecular flexibility index (Phi) is 9.86. The van der Waals surface area contributed by atoms with Crippen LogP contribution in [-0.4, -0.2) is 71.7 Å². The molecule has 0 bridgehead atoms. The van der Waals surface area contributed by atoms with E-state index >= 15 is 0 Å². The van der Waals surface area contributed by atoms with Crippen LogP contribution in [0.25, 0.3) is 5.76 Å². The zero-order chi connectivity index (χ0) is 28.9. The van der Waals surface area contributed by atoms with Crippen LogP contribution in [0, 0.1) is 12.8 Å². The minimum absolute atomic E-state index is 0.0956. The SMILES string of the molecule is COc1cc(C2C(=C([O-])c3ccc(OCC(C)C)c(C)c3)C(=O)C(=O)N2CCC[NH+](C)C)cc(OC)c1OC. The van der Waals surface area contributed by atoms with Crippen LogP contribution in [0.3, 0.4) is 0 Å². The van der Waals surface area contributed by atoms with Gasteiger partial charge in [0.2, 0.25) is 11.5 Å². The third kappa shape index (κ3) is 6.47. The quantitative estimate of drug-likeness (QED) is 0.249. The number of hydrogen-bond donors (Lipinski definition) is 1. The first kappa shape index (κ1) is 29.8. The largest absolute Gasteiger partial charge is 0.872 e. The van der Waals surface area contributed by atoms with E-state index in [0.717, 1.165) is 12.1 Å². The van der Waals surface area contributed by atoms with Crippen molar-refractivity contribution in [3.63, 3.8) is 0 Å². The van der Waals surface area contributed by atoms with Gasteiger partial charge in [-0.25, -0.2) is 0 Å². The number of rotatable bonds is 12. The Balaban J connectivity index is 2.17. The monoisotopic (exact) mass is 540 g/mol. The fraction of sp³-hybridized carbons (Fsp3) is 0.467. The third-order valence-electron chi connectivity index (χ3n) is 6.62. The van der Waals surface area contributed by atoms with Crippen LogP contribution in [0.2, 0.25) is 0 Å². The number of quaternary nitrogens is 1. The van der Waals surface area contributed by atoms with E-state index in [4.69, 9.17) is 18.9 Å². The van der Waals surface area contributed by atoms with Gasteiger partial charge in [-0.1, -0.05) is 25.7 Å². The Labute approximate surface area is 230 Å². The van der Waals surface area contributed by atoms with E-state index in [1.165, 1.54) is 31.1 Å². The molecule has 1 atom stereocenters. The number of benzene rings is 2. The van der Waals surface area contributed by atoms with Gasteiger partial charge in [0, 0.05) is 18.5 Å². The molecule has 9 nitrogen and oxygen atoms in total. The second kappa shape index (κ2) is 12.9. The van der Waals surface area contributed by atoms with Gasteiger partial charge in [-0.15, -0.1) is 0 Å². The lowest BCUT2D eigenvalue weighted by molar-refractivity contribution is -0.858. The van der Waals surface area contributed by atoms with Gasteiger partial charge in [0.05, 0.1) is 54.6 Å². The number of Topliss-reactive ketones (excluding diaryl/α,β-unsaturated/α-hetero) is 1. The topological polar surface area (TPSA) is 102 Å². The summed E-state index contributed by atoms with van der Waals surface area (Å²) in [6, 6.07) is 7.54. The molecule has 1 unspecified atom stereocenters. The number of nitrogens with zero attached hydrogens (tertiary/aromatic N) is 1. The van der Waals surface area contributed by atoms with Gasteiger partial charge in [0.25, 0.3) is 5.91 Å². The van der Waals surface area contributed by atoms with Gasteiger partial charge < -0.3 is 33.9 Å². The van der Waals surface area contributed by atoms with Crippen LogP contribution in [-0.2, 0) is 9.59 Å². The molecule has 1 N–H and O–H groups in total. The number of ether oxygens (including phenoxy) is 4. The van der Waals surface area contributed by atoms with Gasteiger partial charge >= 0.3 is 0 Å². The van der Waals surface area contributed by atoms with Crippen LogP contribution in [0.5, 0.6) is 23.0 Å². The Morgan fingerprint density at radius 2 is 1.64 bits per heavy atom. The van der Waals surface area contributed by atoms with Crippen molar-refractivity contribution in [3.05, 3.63) is 52.6 Å². The zero-order valence-corrected chi connectivity index (χ0v) is 24.2. The van der Waals surface area contributed by atoms with E-state index < -0.39 is 23.5 Å². The van der Waals surface area contributed by atoms with Gasteiger partial charge in [-0.05, 0) is 53.8 Å². The van der Waals surface area contributed by atoms with Crippen molar-refractivity contribution in [1.82, 2.24) is 4.90 Å². The summed E-state index contributed by atoms with van der Waals surface area (Å²) < 4.78 is 22.4. The first-order valence-corrected chi connectivity index (χ1v) is 13.1. The summed E-state index contributed by atoms with van der Waals surface area (Å²) in [6.07, 6.45) is 0.657. The first-order chi connectivity index (χ1) is 18.5. The maximum atomic E-state index is 13.9. The lowest BCUT2D eigenvalue weighted by atomic mass is 9.94. The average Bonchev–Trinajstić information content (AvgIpc) is 3.15. The fourth-order valence-corrected chi connectivity index (χ4v) is 4.67. The highest BCUT2D eigenvalue weighted by Crippen LogP contribution is 2.45. The highest BCUT2D eigenvalue weighted by atomic mass is 16.5. The van der Waals surface area contributed by atoms with Crippen LogP contribution >= 0.6 is 0 Å². The molecule has 2 aromatic carbocycles. The van der Waals surface area contributed by atoms with Crippen molar-refractivity contribution in [2.24, 2.45) is 5.92 Å². The normalized spacial score (nSPS) is 16.8. The number of hydrogen-bond acceptors (Lipinski definition) is 7. The van der Waals surface area contributed by atoms with Crippen molar-refractivity contribution in [1.29, 1.82) is 0 Å². The molecule has 1 fully saturated rings. The summed E-state index contributed by atoms with van der Waals surface area (Å²) >= 11 is 0. The molecule has 39 heavy (non-hydrogen) atoms. The molecule has 0 saturated carbocycles. The van der Waals surface area contributed by atoms with Gasteiger partial charge in [-0.2, -0.15) is 0 Å². The molecule has 0 aliphatic carbocycles. The minimum Gasteiger partial charge on any atom is -0.872 e. The summed E-state index contributed by atoms with van der Waals surface area (Å²) in [4.78, 5) is 29.4. The maximum absolute atomic E-state index is 13.9. The Morgan fingerprint density at radius 1 is 1.00 bits per heavy atom. The zero-order valence-electron chi connectivity index (χ0n) is 24.2. The molecule has 3 rings (SSSR count). The van der Waals surface area contributed by atoms with E-state index in [2.05, 4.69) is 13.8 Å². The summed E-state index contributed by atoms with van der Waals surface area (Å²) in [5.74, 6) is 0.147. The lowest BCUT2D eigenvalue weighted by Gasteiger charge is -2.28. The summed E-state index contributed by atoms with van der Waals surface area (Å²) in [5, 5.41) is 13.9. The first-order valence-electron chi connectivity index (χ1n) is 13.1. The Bertz CT molecular complexity index is 1210. The third-order valence-corrected chi connectivity index (χ3v) is 6.62. The van der Waals surface area contributed by atoms with Crippen molar-refractivity contribution in [2.45, 2.75) is 33.2 Å². The van der Waals surface area contributed by atoms with E-state index in [1.807, 2.05) is 21.0 Å².